The van der Waals surface area contributed by atoms with Gasteiger partial charge in [-0.1, -0.05) is 25.3 Å². The molecule has 0 aromatic heterocycles. The first kappa shape index (κ1) is 18.5. The third-order valence-electron chi connectivity index (χ3n) is 5.23. The number of hydrogen-bond acceptors (Lipinski definition) is 4. The van der Waals surface area contributed by atoms with Crippen molar-refractivity contribution in [2.75, 3.05) is 31.2 Å². The molecule has 1 aliphatic heterocycles. The average Bonchev–Trinajstić information content (AvgIpc) is 2.68. The highest BCUT2D eigenvalue weighted by Gasteiger charge is 2.18. The van der Waals surface area contributed by atoms with Gasteiger partial charge in [-0.2, -0.15) is 5.26 Å². The lowest BCUT2D eigenvalue weighted by molar-refractivity contribution is -0.117. The van der Waals surface area contributed by atoms with Crippen LogP contribution in [0.3, 0.4) is 0 Å². The van der Waals surface area contributed by atoms with Crippen molar-refractivity contribution in [1.82, 2.24) is 5.32 Å². The molecule has 138 valence electrons. The van der Waals surface area contributed by atoms with Crippen LogP contribution < -0.4 is 10.2 Å². The van der Waals surface area contributed by atoms with Gasteiger partial charge in [0.25, 0.3) is 5.91 Å². The molecular formula is C21H27N3O2. The first-order valence-electron chi connectivity index (χ1n) is 9.53. The van der Waals surface area contributed by atoms with Crippen LogP contribution in [-0.2, 0) is 9.53 Å². The van der Waals surface area contributed by atoms with Gasteiger partial charge in [0, 0.05) is 24.8 Å². The second-order valence-corrected chi connectivity index (χ2v) is 7.12. The van der Waals surface area contributed by atoms with Crippen LogP contribution in [0.5, 0.6) is 0 Å². The van der Waals surface area contributed by atoms with E-state index >= 15 is 0 Å². The van der Waals surface area contributed by atoms with Crippen LogP contribution in [-0.4, -0.2) is 38.3 Å². The fraction of sp³-hybridized carbons (Fsp3) is 0.524. The maximum Gasteiger partial charge on any atom is 0.262 e. The van der Waals surface area contributed by atoms with Crippen molar-refractivity contribution in [2.45, 2.75) is 45.1 Å². The van der Waals surface area contributed by atoms with E-state index in [0.29, 0.717) is 0 Å². The first-order chi connectivity index (χ1) is 12.7. The van der Waals surface area contributed by atoms with Crippen molar-refractivity contribution in [2.24, 2.45) is 0 Å². The van der Waals surface area contributed by atoms with Crippen LogP contribution in [0.2, 0.25) is 0 Å². The summed E-state index contributed by atoms with van der Waals surface area (Å²) in [6.45, 7) is 5.30. The van der Waals surface area contributed by atoms with Crippen molar-refractivity contribution < 1.29 is 9.53 Å². The zero-order valence-corrected chi connectivity index (χ0v) is 15.5. The van der Waals surface area contributed by atoms with Gasteiger partial charge < -0.3 is 15.0 Å². The summed E-state index contributed by atoms with van der Waals surface area (Å²) in [5.74, 6) is -0.254. The summed E-state index contributed by atoms with van der Waals surface area (Å²) in [5.41, 5.74) is 3.32. The fourth-order valence-electron chi connectivity index (χ4n) is 3.65. The summed E-state index contributed by atoms with van der Waals surface area (Å²) in [7, 11) is 0. The zero-order chi connectivity index (χ0) is 18.4. The number of benzene rings is 1. The van der Waals surface area contributed by atoms with Gasteiger partial charge in [-0.25, -0.2) is 0 Å². The third-order valence-corrected chi connectivity index (χ3v) is 5.23. The van der Waals surface area contributed by atoms with Gasteiger partial charge >= 0.3 is 0 Å². The Balaban J connectivity index is 1.71. The smallest absolute Gasteiger partial charge is 0.262 e. The number of carbonyl (C=O) groups excluding carboxylic acids is 1. The molecule has 0 atom stereocenters. The lowest BCUT2D eigenvalue weighted by Gasteiger charge is -2.29. The second kappa shape index (κ2) is 8.86. The molecule has 0 bridgehead atoms. The lowest BCUT2D eigenvalue weighted by atomic mass is 9.95. The summed E-state index contributed by atoms with van der Waals surface area (Å²) in [6.07, 6.45) is 7.27. The molecule has 3 rings (SSSR count). The molecule has 2 aliphatic rings. The molecule has 1 aliphatic carbocycles. The number of nitriles is 1. The van der Waals surface area contributed by atoms with E-state index in [1.54, 1.807) is 6.08 Å². The monoisotopic (exact) mass is 353 g/mol. The van der Waals surface area contributed by atoms with Crippen LogP contribution in [0.4, 0.5) is 5.69 Å². The Morgan fingerprint density at radius 2 is 2.00 bits per heavy atom. The van der Waals surface area contributed by atoms with Crippen molar-refractivity contribution in [3.8, 4) is 6.07 Å². The number of hydrogen-bond donors (Lipinski definition) is 1. The minimum absolute atomic E-state index is 0.179. The molecule has 2 fully saturated rings. The predicted octanol–water partition coefficient (Wildman–Crippen LogP) is 3.19. The van der Waals surface area contributed by atoms with E-state index in [1.165, 1.54) is 6.42 Å². The number of nitrogens with one attached hydrogen (secondary N) is 1. The predicted molar refractivity (Wildman–Crippen MR) is 103 cm³/mol. The topological polar surface area (TPSA) is 65.4 Å². The minimum atomic E-state index is -0.254. The number of ether oxygens (including phenoxy) is 1. The molecular weight excluding hydrogens is 326 g/mol. The summed E-state index contributed by atoms with van der Waals surface area (Å²) in [5, 5.41) is 12.5. The molecule has 1 N–H and O–H groups in total. The van der Waals surface area contributed by atoms with E-state index in [-0.39, 0.29) is 17.5 Å². The maximum atomic E-state index is 12.4. The zero-order valence-electron chi connectivity index (χ0n) is 15.5. The van der Waals surface area contributed by atoms with Gasteiger partial charge in [-0.15, -0.1) is 0 Å². The Morgan fingerprint density at radius 3 is 2.65 bits per heavy atom. The Labute approximate surface area is 155 Å². The molecule has 1 aromatic rings. The normalized spacial score (nSPS) is 19.1. The average molecular weight is 353 g/mol. The minimum Gasteiger partial charge on any atom is -0.378 e. The van der Waals surface area contributed by atoms with E-state index < -0.39 is 0 Å². The number of morpholine rings is 1. The lowest BCUT2D eigenvalue weighted by Crippen LogP contribution is -2.36. The molecule has 26 heavy (non-hydrogen) atoms. The molecule has 5 nitrogen and oxygen atoms in total. The van der Waals surface area contributed by atoms with Gasteiger partial charge in [-0.3, -0.25) is 4.79 Å². The van der Waals surface area contributed by atoms with Crippen LogP contribution >= 0.6 is 0 Å². The maximum absolute atomic E-state index is 12.4. The summed E-state index contributed by atoms with van der Waals surface area (Å²) >= 11 is 0. The van der Waals surface area contributed by atoms with Crippen LogP contribution in [0, 0.1) is 18.3 Å². The number of carbonyl (C=O) groups is 1. The highest BCUT2D eigenvalue weighted by atomic mass is 16.5. The van der Waals surface area contributed by atoms with E-state index in [4.69, 9.17) is 4.74 Å². The molecule has 1 amide bonds. The SMILES string of the molecule is Cc1cc(N2CCOCC2)ccc1/C=C(/C#N)C(=O)NC1CCCCC1. The number of aryl methyl sites for hydroxylation is 1. The van der Waals surface area contributed by atoms with E-state index in [0.717, 1.165) is 68.8 Å². The van der Waals surface area contributed by atoms with Crippen molar-refractivity contribution in [1.29, 1.82) is 5.26 Å². The highest BCUT2D eigenvalue weighted by Crippen LogP contribution is 2.22. The van der Waals surface area contributed by atoms with E-state index in [2.05, 4.69) is 28.4 Å². The quantitative estimate of drug-likeness (QED) is 0.667. The highest BCUT2D eigenvalue weighted by molar-refractivity contribution is 6.02. The summed E-state index contributed by atoms with van der Waals surface area (Å²) in [6, 6.07) is 8.43. The number of amides is 1. The van der Waals surface area contributed by atoms with Gasteiger partial charge in [-0.05, 0) is 49.1 Å². The van der Waals surface area contributed by atoms with E-state index in [1.807, 2.05) is 13.0 Å². The second-order valence-electron chi connectivity index (χ2n) is 7.12. The van der Waals surface area contributed by atoms with Crippen LogP contribution in [0.1, 0.15) is 43.2 Å². The number of anilines is 1. The molecule has 5 heteroatoms. The van der Waals surface area contributed by atoms with Crippen molar-refractivity contribution >= 4 is 17.7 Å². The number of rotatable bonds is 4. The standard InChI is InChI=1S/C21H27N3O2/c1-16-13-20(24-9-11-26-12-10-24)8-7-17(16)14-18(15-22)21(25)23-19-5-3-2-4-6-19/h7-8,13-14,19H,2-6,9-12H2,1H3,(H,23,25)/b18-14-. The van der Waals surface area contributed by atoms with E-state index in [9.17, 15) is 10.1 Å². The summed E-state index contributed by atoms with van der Waals surface area (Å²) < 4.78 is 5.40. The van der Waals surface area contributed by atoms with Gasteiger partial charge in [0.2, 0.25) is 0 Å². The van der Waals surface area contributed by atoms with Gasteiger partial charge in [0.15, 0.2) is 0 Å². The Kier molecular flexibility index (Phi) is 6.30. The third kappa shape index (κ3) is 4.64. The van der Waals surface area contributed by atoms with Crippen LogP contribution in [0.15, 0.2) is 23.8 Å². The molecule has 1 heterocycles. The molecule has 1 saturated heterocycles. The van der Waals surface area contributed by atoms with Gasteiger partial charge in [0.05, 0.1) is 13.2 Å². The molecule has 0 spiro atoms. The van der Waals surface area contributed by atoms with Crippen molar-refractivity contribution in [3.63, 3.8) is 0 Å². The summed E-state index contributed by atoms with van der Waals surface area (Å²) in [4.78, 5) is 14.7. The Hall–Kier alpha value is -2.32. The van der Waals surface area contributed by atoms with Crippen LogP contribution in [0.25, 0.3) is 6.08 Å². The molecule has 1 aromatic carbocycles. The first-order valence-corrected chi connectivity index (χ1v) is 9.53. The van der Waals surface area contributed by atoms with Gasteiger partial charge in [0.1, 0.15) is 11.6 Å². The molecule has 1 saturated carbocycles. The Bertz CT molecular complexity index is 708. The fourth-order valence-corrected chi connectivity index (χ4v) is 3.65. The Morgan fingerprint density at radius 1 is 1.27 bits per heavy atom. The number of nitrogens with zero attached hydrogens (tertiary/aromatic N) is 2. The molecule has 0 radical (unpaired) electrons. The molecule has 0 unspecified atom stereocenters. The largest absolute Gasteiger partial charge is 0.378 e. The van der Waals surface area contributed by atoms with Crippen molar-refractivity contribution in [3.05, 3.63) is 34.9 Å².